The van der Waals surface area contributed by atoms with Gasteiger partial charge in [-0.2, -0.15) is 13.2 Å². The molecular weight excluding hydrogens is 241 g/mol. The van der Waals surface area contributed by atoms with Gasteiger partial charge in [-0.3, -0.25) is 0 Å². The molecule has 1 nitrogen and oxygen atoms in total. The standard InChI is InChI=1S/C14H7F3O/c15-13(16)14(17)18-11-7-3-6-10-8-4-1-2-5-9(8)12(10)11/h1-7H. The molecular formula is C14H7F3O. The van der Waals surface area contributed by atoms with Crippen LogP contribution in [0.25, 0.3) is 22.3 Å². The average Bonchev–Trinajstić information content (AvgIpc) is 2.35. The zero-order chi connectivity index (χ0) is 12.7. The van der Waals surface area contributed by atoms with Crippen molar-refractivity contribution in [1.29, 1.82) is 0 Å². The van der Waals surface area contributed by atoms with Crippen molar-refractivity contribution < 1.29 is 17.9 Å². The van der Waals surface area contributed by atoms with Crippen LogP contribution in [0.2, 0.25) is 0 Å². The Kier molecular flexibility index (Phi) is 2.37. The van der Waals surface area contributed by atoms with Crippen LogP contribution in [0.4, 0.5) is 13.2 Å². The summed E-state index contributed by atoms with van der Waals surface area (Å²) < 4.78 is 41.5. The largest absolute Gasteiger partial charge is 0.427 e. The lowest BCUT2D eigenvalue weighted by Gasteiger charge is -2.25. The van der Waals surface area contributed by atoms with Crippen LogP contribution < -0.4 is 4.74 Å². The number of halogens is 3. The zero-order valence-electron chi connectivity index (χ0n) is 9.08. The first-order chi connectivity index (χ1) is 8.68. The molecule has 18 heavy (non-hydrogen) atoms. The Morgan fingerprint density at radius 2 is 1.44 bits per heavy atom. The second-order valence-electron chi connectivity index (χ2n) is 3.86. The Labute approximate surface area is 101 Å². The van der Waals surface area contributed by atoms with E-state index in [1.165, 1.54) is 6.07 Å². The maximum atomic E-state index is 12.8. The summed E-state index contributed by atoms with van der Waals surface area (Å²) in [5.41, 5.74) is 3.46. The van der Waals surface area contributed by atoms with Gasteiger partial charge in [0.05, 0.1) is 0 Å². The molecule has 0 aromatic heterocycles. The van der Waals surface area contributed by atoms with Gasteiger partial charge in [0, 0.05) is 5.56 Å². The van der Waals surface area contributed by atoms with Gasteiger partial charge in [-0.25, -0.2) is 0 Å². The minimum Gasteiger partial charge on any atom is -0.427 e. The fourth-order valence-corrected chi connectivity index (χ4v) is 2.13. The summed E-state index contributed by atoms with van der Waals surface area (Å²) in [5.74, 6) is 0.108. The predicted octanol–water partition coefficient (Wildman–Crippen LogP) is 4.75. The highest BCUT2D eigenvalue weighted by Gasteiger charge is 2.26. The van der Waals surface area contributed by atoms with Crippen molar-refractivity contribution in [3.8, 4) is 28.0 Å². The van der Waals surface area contributed by atoms with Crippen LogP contribution in [0.15, 0.2) is 54.6 Å². The summed E-state index contributed by atoms with van der Waals surface area (Å²) in [6.45, 7) is 0. The molecule has 0 radical (unpaired) electrons. The number of hydrogen-bond acceptors (Lipinski definition) is 1. The van der Waals surface area contributed by atoms with E-state index in [0.717, 1.165) is 16.7 Å². The summed E-state index contributed by atoms with van der Waals surface area (Å²) in [5, 5.41) is 0. The van der Waals surface area contributed by atoms with Crippen LogP contribution in [-0.2, 0) is 0 Å². The van der Waals surface area contributed by atoms with Gasteiger partial charge in [-0.1, -0.05) is 36.4 Å². The lowest BCUT2D eigenvalue weighted by Crippen LogP contribution is -2.02. The van der Waals surface area contributed by atoms with Crippen molar-refractivity contribution in [3.05, 3.63) is 54.6 Å². The molecule has 90 valence electrons. The smallest absolute Gasteiger partial charge is 0.344 e. The molecule has 1 aliphatic carbocycles. The number of rotatable bonds is 2. The third kappa shape index (κ3) is 1.49. The second-order valence-corrected chi connectivity index (χ2v) is 3.86. The first-order valence-electron chi connectivity index (χ1n) is 5.30. The predicted molar refractivity (Wildman–Crippen MR) is 61.9 cm³/mol. The molecule has 0 heterocycles. The van der Waals surface area contributed by atoms with Crippen molar-refractivity contribution in [1.82, 2.24) is 0 Å². The van der Waals surface area contributed by atoms with Crippen molar-refractivity contribution in [2.75, 3.05) is 0 Å². The SMILES string of the molecule is FC(F)=C(F)Oc1cccc2c1-c1ccccc1-2. The van der Waals surface area contributed by atoms with E-state index in [4.69, 9.17) is 0 Å². The van der Waals surface area contributed by atoms with Gasteiger partial charge in [0.15, 0.2) is 0 Å². The average molecular weight is 248 g/mol. The third-order valence-corrected chi connectivity index (χ3v) is 2.86. The molecule has 0 bridgehead atoms. The van der Waals surface area contributed by atoms with E-state index in [0.29, 0.717) is 5.56 Å². The van der Waals surface area contributed by atoms with Gasteiger partial charge in [0.2, 0.25) is 0 Å². The molecule has 2 aromatic carbocycles. The van der Waals surface area contributed by atoms with E-state index in [2.05, 4.69) is 4.74 Å². The van der Waals surface area contributed by atoms with Crippen LogP contribution in [0.1, 0.15) is 0 Å². The summed E-state index contributed by atoms with van der Waals surface area (Å²) in [6, 6.07) is 10.6. The molecule has 0 aliphatic heterocycles. The molecule has 4 heteroatoms. The fraction of sp³-hybridized carbons (Fsp3) is 0. The minimum absolute atomic E-state index is 0.108. The Bertz CT molecular complexity index is 658. The molecule has 0 saturated heterocycles. The van der Waals surface area contributed by atoms with Crippen molar-refractivity contribution >= 4 is 0 Å². The van der Waals surface area contributed by atoms with Crippen LogP contribution in [0, 0.1) is 0 Å². The highest BCUT2D eigenvalue weighted by molar-refractivity contribution is 6.04. The van der Waals surface area contributed by atoms with Gasteiger partial charge in [-0.05, 0) is 22.8 Å². The Hall–Kier alpha value is -2.23. The molecule has 0 amide bonds. The Morgan fingerprint density at radius 3 is 2.17 bits per heavy atom. The van der Waals surface area contributed by atoms with Gasteiger partial charge in [-0.15, -0.1) is 0 Å². The van der Waals surface area contributed by atoms with Crippen LogP contribution in [-0.4, -0.2) is 0 Å². The Balaban J connectivity index is 2.06. The van der Waals surface area contributed by atoms with Crippen molar-refractivity contribution in [3.63, 3.8) is 0 Å². The molecule has 1 aliphatic rings. The van der Waals surface area contributed by atoms with E-state index in [9.17, 15) is 13.2 Å². The van der Waals surface area contributed by atoms with E-state index in [1.807, 2.05) is 30.3 Å². The number of ether oxygens (including phenoxy) is 1. The summed E-state index contributed by atoms with van der Waals surface area (Å²) >= 11 is 0. The lowest BCUT2D eigenvalue weighted by atomic mass is 9.80. The maximum absolute atomic E-state index is 12.8. The fourth-order valence-electron chi connectivity index (χ4n) is 2.13. The number of benzene rings is 2. The monoisotopic (exact) mass is 248 g/mol. The highest BCUT2D eigenvalue weighted by atomic mass is 19.3. The molecule has 0 fully saturated rings. The van der Waals surface area contributed by atoms with E-state index in [1.54, 1.807) is 6.07 Å². The molecule has 0 unspecified atom stereocenters. The van der Waals surface area contributed by atoms with Crippen LogP contribution in [0.5, 0.6) is 5.75 Å². The van der Waals surface area contributed by atoms with Crippen LogP contribution >= 0.6 is 0 Å². The first kappa shape index (κ1) is 10.9. The minimum atomic E-state index is -2.46. The van der Waals surface area contributed by atoms with Gasteiger partial charge in [0.25, 0.3) is 0 Å². The number of fused-ring (bicyclic) bond motifs is 4. The quantitative estimate of drug-likeness (QED) is 0.595. The maximum Gasteiger partial charge on any atom is 0.344 e. The summed E-state index contributed by atoms with van der Waals surface area (Å²) in [6.07, 6.45) is -2.46. The van der Waals surface area contributed by atoms with Crippen molar-refractivity contribution in [2.45, 2.75) is 0 Å². The molecule has 3 rings (SSSR count). The summed E-state index contributed by atoms with van der Waals surface area (Å²) in [4.78, 5) is 0. The Morgan fingerprint density at radius 1 is 0.778 bits per heavy atom. The normalized spacial score (nSPS) is 11.1. The highest BCUT2D eigenvalue weighted by Crippen LogP contribution is 2.51. The van der Waals surface area contributed by atoms with Crippen LogP contribution in [0.3, 0.4) is 0 Å². The van der Waals surface area contributed by atoms with Gasteiger partial charge < -0.3 is 4.74 Å². The topological polar surface area (TPSA) is 9.23 Å². The molecule has 0 saturated carbocycles. The second kappa shape index (κ2) is 3.91. The lowest BCUT2D eigenvalue weighted by molar-refractivity contribution is 0.242. The first-order valence-corrected chi connectivity index (χ1v) is 5.30. The summed E-state index contributed by atoms with van der Waals surface area (Å²) in [7, 11) is 0. The third-order valence-electron chi connectivity index (χ3n) is 2.86. The zero-order valence-corrected chi connectivity index (χ0v) is 9.08. The molecule has 0 atom stereocenters. The van der Waals surface area contributed by atoms with E-state index < -0.39 is 12.1 Å². The molecule has 0 N–H and O–H groups in total. The molecule has 2 aromatic rings. The van der Waals surface area contributed by atoms with Gasteiger partial charge >= 0.3 is 12.1 Å². The number of hydrogen-bond donors (Lipinski definition) is 0. The van der Waals surface area contributed by atoms with Crippen molar-refractivity contribution in [2.24, 2.45) is 0 Å². The van der Waals surface area contributed by atoms with E-state index >= 15 is 0 Å². The molecule has 0 spiro atoms. The van der Waals surface area contributed by atoms with E-state index in [-0.39, 0.29) is 5.75 Å². The van der Waals surface area contributed by atoms with Gasteiger partial charge in [0.1, 0.15) is 5.75 Å².